The molecular formula is C19H22Cl2N4O3. The van der Waals surface area contributed by atoms with Crippen molar-refractivity contribution in [3.05, 3.63) is 57.6 Å². The van der Waals surface area contributed by atoms with E-state index >= 15 is 0 Å². The van der Waals surface area contributed by atoms with Crippen LogP contribution in [0.2, 0.25) is 10.0 Å². The quantitative estimate of drug-likeness (QED) is 0.343. The molecule has 0 bridgehead atoms. The van der Waals surface area contributed by atoms with E-state index in [1.54, 1.807) is 26.4 Å². The Kier molecular flexibility index (Phi) is 8.22. The number of rotatable bonds is 8. The van der Waals surface area contributed by atoms with Crippen LogP contribution in [0.5, 0.6) is 11.5 Å². The largest absolute Gasteiger partial charge is 0.493 e. The van der Waals surface area contributed by atoms with E-state index in [2.05, 4.69) is 15.6 Å². The first-order valence-corrected chi connectivity index (χ1v) is 9.18. The Labute approximate surface area is 173 Å². The molecule has 0 aliphatic heterocycles. The average Bonchev–Trinajstić information content (AvgIpc) is 2.71. The topological polar surface area (TPSA) is 98.0 Å². The summed E-state index contributed by atoms with van der Waals surface area (Å²) in [6.07, 6.45) is 0. The van der Waals surface area contributed by atoms with Crippen LogP contribution in [0.15, 0.2) is 41.4 Å². The van der Waals surface area contributed by atoms with Crippen LogP contribution in [-0.2, 0) is 6.54 Å². The summed E-state index contributed by atoms with van der Waals surface area (Å²) >= 11 is 11.7. The zero-order valence-electron chi connectivity index (χ0n) is 15.6. The van der Waals surface area contributed by atoms with Gasteiger partial charge >= 0.3 is 0 Å². The molecular weight excluding hydrogens is 403 g/mol. The first-order chi connectivity index (χ1) is 13.4. The van der Waals surface area contributed by atoms with Gasteiger partial charge in [0.25, 0.3) is 5.91 Å². The number of hydrogen-bond donors (Lipinski definition) is 3. The van der Waals surface area contributed by atoms with Gasteiger partial charge in [0.15, 0.2) is 17.5 Å². The molecule has 0 saturated heterocycles. The summed E-state index contributed by atoms with van der Waals surface area (Å²) in [5, 5.41) is 6.43. The summed E-state index contributed by atoms with van der Waals surface area (Å²) < 4.78 is 10.5. The van der Waals surface area contributed by atoms with Crippen molar-refractivity contribution in [3.8, 4) is 11.5 Å². The first-order valence-electron chi connectivity index (χ1n) is 8.42. The van der Waals surface area contributed by atoms with E-state index in [0.717, 1.165) is 5.56 Å². The highest BCUT2D eigenvalue weighted by Gasteiger charge is 2.07. The molecule has 0 saturated carbocycles. The van der Waals surface area contributed by atoms with Crippen molar-refractivity contribution < 1.29 is 14.3 Å². The molecule has 28 heavy (non-hydrogen) atoms. The van der Waals surface area contributed by atoms with E-state index in [1.165, 1.54) is 6.07 Å². The lowest BCUT2D eigenvalue weighted by Gasteiger charge is -2.10. The van der Waals surface area contributed by atoms with Crippen molar-refractivity contribution in [2.45, 2.75) is 6.54 Å². The van der Waals surface area contributed by atoms with Gasteiger partial charge in [-0.1, -0.05) is 29.3 Å². The highest BCUT2D eigenvalue weighted by molar-refractivity contribution is 6.42. The number of carbonyl (C=O) groups is 1. The minimum Gasteiger partial charge on any atom is -0.493 e. The number of benzene rings is 2. The highest BCUT2D eigenvalue weighted by atomic mass is 35.5. The lowest BCUT2D eigenvalue weighted by molar-refractivity contribution is 0.0954. The maximum Gasteiger partial charge on any atom is 0.251 e. The number of guanidine groups is 1. The fraction of sp³-hybridized carbons (Fsp3) is 0.263. The lowest BCUT2D eigenvalue weighted by Crippen LogP contribution is -2.38. The molecule has 2 aromatic carbocycles. The van der Waals surface area contributed by atoms with E-state index in [9.17, 15) is 4.79 Å². The number of hydrogen-bond acceptors (Lipinski definition) is 4. The summed E-state index contributed by atoms with van der Waals surface area (Å²) in [5.41, 5.74) is 7.21. The predicted octanol–water partition coefficient (Wildman–Crippen LogP) is 2.84. The third-order valence-electron chi connectivity index (χ3n) is 3.78. The van der Waals surface area contributed by atoms with Gasteiger partial charge < -0.3 is 25.8 Å². The van der Waals surface area contributed by atoms with E-state index in [0.29, 0.717) is 46.7 Å². The summed E-state index contributed by atoms with van der Waals surface area (Å²) in [7, 11) is 3.16. The Morgan fingerprint density at radius 3 is 2.39 bits per heavy atom. The maximum atomic E-state index is 12.1. The van der Waals surface area contributed by atoms with Crippen molar-refractivity contribution in [2.75, 3.05) is 27.3 Å². The number of halogens is 2. The standard InChI is InChI=1S/C19H22Cl2N4O3/c1-27-16-6-3-12(9-17(16)28-2)11-25-19(22)24-8-7-23-18(26)13-4-5-14(20)15(21)10-13/h3-6,9-10H,7-8,11H2,1-2H3,(H,23,26)(H3,22,24,25). The molecule has 0 spiro atoms. The molecule has 0 unspecified atom stereocenters. The zero-order chi connectivity index (χ0) is 20.5. The van der Waals surface area contributed by atoms with Gasteiger partial charge in [0.2, 0.25) is 0 Å². The van der Waals surface area contributed by atoms with Gasteiger partial charge in [-0.05, 0) is 35.9 Å². The number of carbonyl (C=O) groups excluding carboxylic acids is 1. The van der Waals surface area contributed by atoms with Crippen LogP contribution < -0.4 is 25.8 Å². The number of methoxy groups -OCH3 is 2. The first kappa shape index (κ1) is 21.7. The Bertz CT molecular complexity index is 859. The SMILES string of the molecule is COc1ccc(CN=C(N)NCCNC(=O)c2ccc(Cl)c(Cl)c2)cc1OC. The van der Waals surface area contributed by atoms with Gasteiger partial charge in [-0.25, -0.2) is 4.99 Å². The number of aliphatic imine (C=N–C) groups is 1. The molecule has 4 N–H and O–H groups in total. The van der Waals surface area contributed by atoms with E-state index < -0.39 is 0 Å². The molecule has 2 aromatic rings. The molecule has 0 heterocycles. The Hall–Kier alpha value is -2.64. The van der Waals surface area contributed by atoms with Gasteiger partial charge in [0.1, 0.15) is 0 Å². The fourth-order valence-corrected chi connectivity index (χ4v) is 2.62. The van der Waals surface area contributed by atoms with Crippen molar-refractivity contribution in [1.29, 1.82) is 0 Å². The number of ether oxygens (including phenoxy) is 2. The Morgan fingerprint density at radius 1 is 1.00 bits per heavy atom. The van der Waals surface area contributed by atoms with Crippen LogP contribution in [-0.4, -0.2) is 39.2 Å². The van der Waals surface area contributed by atoms with Crippen LogP contribution in [0.3, 0.4) is 0 Å². The van der Waals surface area contributed by atoms with E-state index in [-0.39, 0.29) is 11.9 Å². The Morgan fingerprint density at radius 2 is 1.71 bits per heavy atom. The zero-order valence-corrected chi connectivity index (χ0v) is 17.1. The van der Waals surface area contributed by atoms with Gasteiger partial charge in [0.05, 0.1) is 30.8 Å². The minimum absolute atomic E-state index is 0.249. The predicted molar refractivity (Wildman–Crippen MR) is 112 cm³/mol. The molecule has 0 aromatic heterocycles. The summed E-state index contributed by atoms with van der Waals surface area (Å²) in [4.78, 5) is 16.3. The van der Waals surface area contributed by atoms with Crippen LogP contribution in [0.4, 0.5) is 0 Å². The maximum absolute atomic E-state index is 12.1. The second kappa shape index (κ2) is 10.6. The van der Waals surface area contributed by atoms with Crippen LogP contribution in [0, 0.1) is 0 Å². The molecule has 7 nitrogen and oxygen atoms in total. The Balaban J connectivity index is 1.78. The molecule has 2 rings (SSSR count). The molecule has 0 atom stereocenters. The average molecular weight is 425 g/mol. The smallest absolute Gasteiger partial charge is 0.251 e. The number of nitrogens with one attached hydrogen (secondary N) is 2. The molecule has 9 heteroatoms. The summed E-state index contributed by atoms with van der Waals surface area (Å²) in [6.45, 7) is 1.18. The van der Waals surface area contributed by atoms with Crippen molar-refractivity contribution >= 4 is 35.1 Å². The number of amides is 1. The second-order valence-corrected chi connectivity index (χ2v) is 6.52. The van der Waals surface area contributed by atoms with Gasteiger partial charge in [-0.3, -0.25) is 4.79 Å². The number of nitrogens with zero attached hydrogens (tertiary/aromatic N) is 1. The molecule has 1 amide bonds. The monoisotopic (exact) mass is 424 g/mol. The molecule has 0 fully saturated rings. The van der Waals surface area contributed by atoms with Gasteiger partial charge in [-0.15, -0.1) is 0 Å². The molecule has 150 valence electrons. The van der Waals surface area contributed by atoms with Crippen LogP contribution in [0.25, 0.3) is 0 Å². The van der Waals surface area contributed by atoms with Gasteiger partial charge in [-0.2, -0.15) is 0 Å². The fourth-order valence-electron chi connectivity index (χ4n) is 2.32. The van der Waals surface area contributed by atoms with Crippen LogP contribution in [0.1, 0.15) is 15.9 Å². The normalized spacial score (nSPS) is 11.1. The van der Waals surface area contributed by atoms with E-state index in [4.69, 9.17) is 38.4 Å². The van der Waals surface area contributed by atoms with E-state index in [1.807, 2.05) is 18.2 Å². The molecule has 0 radical (unpaired) electrons. The summed E-state index contributed by atoms with van der Waals surface area (Å²) in [6, 6.07) is 10.2. The van der Waals surface area contributed by atoms with Crippen molar-refractivity contribution in [2.24, 2.45) is 10.7 Å². The lowest BCUT2D eigenvalue weighted by atomic mass is 10.2. The number of nitrogens with two attached hydrogens (primary N) is 1. The summed E-state index contributed by atoms with van der Waals surface area (Å²) in [5.74, 6) is 1.31. The third kappa shape index (κ3) is 6.21. The third-order valence-corrected chi connectivity index (χ3v) is 4.52. The van der Waals surface area contributed by atoms with Crippen molar-refractivity contribution in [3.63, 3.8) is 0 Å². The second-order valence-electron chi connectivity index (χ2n) is 5.70. The molecule has 0 aliphatic rings. The highest BCUT2D eigenvalue weighted by Crippen LogP contribution is 2.27. The van der Waals surface area contributed by atoms with Gasteiger partial charge in [0, 0.05) is 18.7 Å². The van der Waals surface area contributed by atoms with Crippen LogP contribution >= 0.6 is 23.2 Å². The molecule has 0 aliphatic carbocycles. The van der Waals surface area contributed by atoms with Crippen molar-refractivity contribution in [1.82, 2.24) is 10.6 Å². The minimum atomic E-state index is -0.249.